The lowest BCUT2D eigenvalue weighted by Gasteiger charge is -2.12. The van der Waals surface area contributed by atoms with Gasteiger partial charge in [0.15, 0.2) is 12.3 Å². The van der Waals surface area contributed by atoms with Gasteiger partial charge in [-0.15, -0.1) is 5.10 Å². The number of halogens is 1. The first-order chi connectivity index (χ1) is 11.9. The van der Waals surface area contributed by atoms with Gasteiger partial charge < -0.3 is 10.1 Å². The van der Waals surface area contributed by atoms with Gasteiger partial charge in [-0.3, -0.25) is 4.79 Å². The smallest absolute Gasteiger partial charge is 0.361 e. The number of ether oxygens (including phenoxy) is 1. The van der Waals surface area contributed by atoms with Crippen LogP contribution in [0.5, 0.6) is 0 Å². The second kappa shape index (κ2) is 7.23. The molecule has 132 valence electrons. The van der Waals surface area contributed by atoms with Crippen molar-refractivity contribution in [2.24, 2.45) is 5.92 Å². The largest absolute Gasteiger partial charge is 0.451 e. The first kappa shape index (κ1) is 17.4. The SMILES string of the molecule is Cc1nn(-c2cccc(Cl)c2)nc1C(=O)OCC(=O)N[C@H](C)C1CC1. The first-order valence-electron chi connectivity index (χ1n) is 8.10. The lowest BCUT2D eigenvalue weighted by atomic mass is 10.2. The van der Waals surface area contributed by atoms with Gasteiger partial charge in [-0.05, 0) is 50.8 Å². The molecule has 0 spiro atoms. The van der Waals surface area contributed by atoms with Crippen LogP contribution < -0.4 is 5.32 Å². The number of esters is 1. The number of nitrogens with one attached hydrogen (secondary N) is 1. The Balaban J connectivity index is 1.61. The van der Waals surface area contributed by atoms with E-state index in [9.17, 15) is 9.59 Å². The van der Waals surface area contributed by atoms with Gasteiger partial charge in [-0.1, -0.05) is 17.7 Å². The zero-order valence-corrected chi connectivity index (χ0v) is 14.8. The highest BCUT2D eigenvalue weighted by Crippen LogP contribution is 2.32. The number of nitrogens with zero attached hydrogens (tertiary/aromatic N) is 3. The Kier molecular flexibility index (Phi) is 5.03. The number of rotatable bonds is 6. The maximum absolute atomic E-state index is 12.2. The lowest BCUT2D eigenvalue weighted by Crippen LogP contribution is -2.37. The van der Waals surface area contributed by atoms with Crippen molar-refractivity contribution < 1.29 is 14.3 Å². The monoisotopic (exact) mass is 362 g/mol. The molecule has 1 fully saturated rings. The fraction of sp³-hybridized carbons (Fsp3) is 0.412. The van der Waals surface area contributed by atoms with E-state index >= 15 is 0 Å². The first-order valence-corrected chi connectivity index (χ1v) is 8.48. The number of aromatic nitrogens is 3. The molecule has 2 aromatic rings. The molecule has 1 amide bonds. The highest BCUT2D eigenvalue weighted by molar-refractivity contribution is 6.30. The lowest BCUT2D eigenvalue weighted by molar-refractivity contribution is -0.125. The minimum Gasteiger partial charge on any atom is -0.451 e. The summed E-state index contributed by atoms with van der Waals surface area (Å²) in [7, 11) is 0. The molecule has 1 saturated carbocycles. The van der Waals surface area contributed by atoms with E-state index in [0.717, 1.165) is 12.8 Å². The molecule has 8 heteroatoms. The van der Waals surface area contributed by atoms with Crippen LogP contribution in [0.1, 0.15) is 35.9 Å². The number of hydrogen-bond acceptors (Lipinski definition) is 5. The molecule has 1 aliphatic rings. The number of carbonyl (C=O) groups is 2. The molecule has 7 nitrogen and oxygen atoms in total. The summed E-state index contributed by atoms with van der Waals surface area (Å²) in [4.78, 5) is 25.3. The van der Waals surface area contributed by atoms with Crippen LogP contribution in [-0.2, 0) is 9.53 Å². The molecule has 3 rings (SSSR count). The molecule has 1 atom stereocenters. The Labute approximate surface area is 150 Å². The minimum atomic E-state index is -0.681. The molecule has 25 heavy (non-hydrogen) atoms. The molecule has 0 saturated heterocycles. The number of aryl methyl sites for hydroxylation is 1. The fourth-order valence-electron chi connectivity index (χ4n) is 2.49. The molecule has 1 heterocycles. The standard InChI is InChI=1S/C17H19ClN4O3/c1-10(12-6-7-12)19-15(23)9-25-17(24)16-11(2)20-22(21-16)14-5-3-4-13(18)8-14/h3-5,8,10,12H,6-7,9H2,1-2H3,(H,19,23)/t10-/m1/s1. The summed E-state index contributed by atoms with van der Waals surface area (Å²) >= 11 is 5.95. The maximum atomic E-state index is 12.2. The van der Waals surface area contributed by atoms with E-state index < -0.39 is 5.97 Å². The van der Waals surface area contributed by atoms with Crippen molar-refractivity contribution in [2.45, 2.75) is 32.7 Å². The van der Waals surface area contributed by atoms with Gasteiger partial charge in [0.1, 0.15) is 0 Å². The van der Waals surface area contributed by atoms with Gasteiger partial charge in [0.25, 0.3) is 5.91 Å². The van der Waals surface area contributed by atoms with E-state index in [2.05, 4.69) is 15.5 Å². The molecule has 0 unspecified atom stereocenters. The molecule has 0 aliphatic heterocycles. The number of amides is 1. The third kappa shape index (κ3) is 4.36. The molecule has 1 aromatic heterocycles. The van der Waals surface area contributed by atoms with E-state index in [1.54, 1.807) is 31.2 Å². The van der Waals surface area contributed by atoms with Crippen molar-refractivity contribution in [1.29, 1.82) is 0 Å². The van der Waals surface area contributed by atoms with Crippen LogP contribution in [0.4, 0.5) is 0 Å². The fourth-order valence-corrected chi connectivity index (χ4v) is 2.68. The van der Waals surface area contributed by atoms with Crippen LogP contribution >= 0.6 is 11.6 Å². The Morgan fingerprint density at radius 1 is 1.40 bits per heavy atom. The molecule has 1 N–H and O–H groups in total. The minimum absolute atomic E-state index is 0.0722. The molecule has 1 aromatic carbocycles. The second-order valence-corrected chi connectivity index (χ2v) is 6.61. The zero-order chi connectivity index (χ0) is 18.0. The van der Waals surface area contributed by atoms with Crippen molar-refractivity contribution >= 4 is 23.5 Å². The summed E-state index contributed by atoms with van der Waals surface area (Å²) in [6.07, 6.45) is 2.26. The Morgan fingerprint density at radius 2 is 2.16 bits per heavy atom. The average molecular weight is 363 g/mol. The maximum Gasteiger partial charge on any atom is 0.361 e. The van der Waals surface area contributed by atoms with Crippen LogP contribution in [0.15, 0.2) is 24.3 Å². The molecule has 0 bridgehead atoms. The van der Waals surface area contributed by atoms with E-state index in [1.165, 1.54) is 4.80 Å². The van der Waals surface area contributed by atoms with Crippen molar-refractivity contribution in [2.75, 3.05) is 6.61 Å². The van der Waals surface area contributed by atoms with E-state index in [4.69, 9.17) is 16.3 Å². The van der Waals surface area contributed by atoms with Gasteiger partial charge in [0.2, 0.25) is 0 Å². The zero-order valence-electron chi connectivity index (χ0n) is 14.0. The Bertz CT molecular complexity index is 801. The number of carbonyl (C=O) groups excluding carboxylic acids is 2. The Morgan fingerprint density at radius 3 is 2.84 bits per heavy atom. The van der Waals surface area contributed by atoms with Crippen LogP contribution in [-0.4, -0.2) is 39.5 Å². The summed E-state index contributed by atoms with van der Waals surface area (Å²) in [5.41, 5.74) is 1.12. The van der Waals surface area contributed by atoms with Gasteiger partial charge in [-0.25, -0.2) is 4.79 Å². The van der Waals surface area contributed by atoms with Crippen LogP contribution in [0, 0.1) is 12.8 Å². The predicted molar refractivity (Wildman–Crippen MR) is 91.7 cm³/mol. The summed E-state index contributed by atoms with van der Waals surface area (Å²) in [6.45, 7) is 3.28. The summed E-state index contributed by atoms with van der Waals surface area (Å²) in [6, 6.07) is 7.06. The third-order valence-electron chi connectivity index (χ3n) is 4.07. The highest BCUT2D eigenvalue weighted by Gasteiger charge is 2.29. The number of hydrogen-bond donors (Lipinski definition) is 1. The van der Waals surface area contributed by atoms with Crippen molar-refractivity contribution in [3.05, 3.63) is 40.7 Å². The average Bonchev–Trinajstić information content (AvgIpc) is 3.35. The van der Waals surface area contributed by atoms with E-state index in [1.807, 2.05) is 6.92 Å². The van der Waals surface area contributed by atoms with E-state index in [-0.39, 0.29) is 24.2 Å². The molecular weight excluding hydrogens is 344 g/mol. The predicted octanol–water partition coefficient (Wildman–Crippen LogP) is 2.30. The number of benzene rings is 1. The normalized spacial score (nSPS) is 14.8. The van der Waals surface area contributed by atoms with Gasteiger partial charge in [0, 0.05) is 11.1 Å². The van der Waals surface area contributed by atoms with Gasteiger partial charge in [-0.2, -0.15) is 9.90 Å². The van der Waals surface area contributed by atoms with Crippen molar-refractivity contribution in [1.82, 2.24) is 20.3 Å². The second-order valence-electron chi connectivity index (χ2n) is 6.17. The van der Waals surface area contributed by atoms with Crippen LogP contribution in [0.3, 0.4) is 0 Å². The van der Waals surface area contributed by atoms with Gasteiger partial charge >= 0.3 is 5.97 Å². The van der Waals surface area contributed by atoms with Crippen LogP contribution in [0.25, 0.3) is 5.69 Å². The highest BCUT2D eigenvalue weighted by atomic mass is 35.5. The molecule has 1 aliphatic carbocycles. The van der Waals surface area contributed by atoms with E-state index in [0.29, 0.717) is 22.3 Å². The van der Waals surface area contributed by atoms with Crippen molar-refractivity contribution in [3.63, 3.8) is 0 Å². The third-order valence-corrected chi connectivity index (χ3v) is 4.30. The Hall–Kier alpha value is -2.41. The van der Waals surface area contributed by atoms with Crippen LogP contribution in [0.2, 0.25) is 5.02 Å². The molecular formula is C17H19ClN4O3. The summed E-state index contributed by atoms with van der Waals surface area (Å²) in [5, 5.41) is 11.7. The quantitative estimate of drug-likeness (QED) is 0.797. The summed E-state index contributed by atoms with van der Waals surface area (Å²) < 4.78 is 5.05. The summed E-state index contributed by atoms with van der Waals surface area (Å²) in [5.74, 6) is -0.452. The van der Waals surface area contributed by atoms with Gasteiger partial charge in [0.05, 0.1) is 11.4 Å². The van der Waals surface area contributed by atoms with Crippen molar-refractivity contribution in [3.8, 4) is 5.69 Å². The molecule has 0 radical (unpaired) electrons. The topological polar surface area (TPSA) is 86.1 Å².